The molecule has 4 heteroatoms. The summed E-state index contributed by atoms with van der Waals surface area (Å²) < 4.78 is 16.0. The van der Waals surface area contributed by atoms with Crippen LogP contribution in [0.25, 0.3) is 0 Å². The van der Waals surface area contributed by atoms with Crippen molar-refractivity contribution in [1.82, 2.24) is 0 Å². The molecule has 0 heterocycles. The average molecular weight is 164 g/mol. The molecular formula is C6H13O3P. The van der Waals surface area contributed by atoms with Gasteiger partial charge in [-0.2, -0.15) is 0 Å². The molecule has 3 nitrogen and oxygen atoms in total. The molecule has 0 aliphatic carbocycles. The fraction of sp³-hybridized carbons (Fsp3) is 0.833. The smallest absolute Gasteiger partial charge is 0.263 e. The van der Waals surface area contributed by atoms with Gasteiger partial charge in [0.15, 0.2) is 0 Å². The summed E-state index contributed by atoms with van der Waals surface area (Å²) in [6.07, 6.45) is 0.285. The van der Waals surface area contributed by atoms with Gasteiger partial charge in [-0.05, 0) is 6.92 Å². The lowest BCUT2D eigenvalue weighted by molar-refractivity contribution is -0.112. The van der Waals surface area contributed by atoms with Gasteiger partial charge in [0.1, 0.15) is 0 Å². The van der Waals surface area contributed by atoms with E-state index in [1.165, 1.54) is 6.66 Å². The van der Waals surface area contributed by atoms with Crippen molar-refractivity contribution in [3.8, 4) is 0 Å². The first kappa shape index (κ1) is 9.86. The van der Waals surface area contributed by atoms with E-state index in [1.54, 1.807) is 13.8 Å². The Morgan fingerprint density at radius 2 is 2.00 bits per heavy atom. The van der Waals surface area contributed by atoms with E-state index in [2.05, 4.69) is 0 Å². The van der Waals surface area contributed by atoms with E-state index in [9.17, 15) is 9.36 Å². The Labute approximate surface area is 61.2 Å². The van der Waals surface area contributed by atoms with Crippen LogP contribution < -0.4 is 0 Å². The summed E-state index contributed by atoms with van der Waals surface area (Å²) in [4.78, 5) is 10.8. The second-order valence-corrected chi connectivity index (χ2v) is 4.46. The van der Waals surface area contributed by atoms with Gasteiger partial charge in [0.25, 0.3) is 7.37 Å². The molecule has 0 saturated heterocycles. The number of hydrogen-bond donors (Lipinski definition) is 0. The van der Waals surface area contributed by atoms with Crippen molar-refractivity contribution in [2.45, 2.75) is 20.3 Å². The van der Waals surface area contributed by atoms with Gasteiger partial charge in [0, 0.05) is 13.1 Å². The van der Waals surface area contributed by atoms with E-state index < -0.39 is 7.37 Å². The highest BCUT2D eigenvalue weighted by Gasteiger charge is 2.23. The zero-order valence-electron chi connectivity index (χ0n) is 6.59. The lowest BCUT2D eigenvalue weighted by Crippen LogP contribution is -1.99. The van der Waals surface area contributed by atoms with Crippen molar-refractivity contribution in [3.63, 3.8) is 0 Å². The molecule has 0 aromatic heterocycles. The highest BCUT2D eigenvalue weighted by Crippen LogP contribution is 2.44. The Balaban J connectivity index is 4.11. The SMILES string of the molecule is CCOP(C)(=O)C(=O)CC. The summed E-state index contributed by atoms with van der Waals surface area (Å²) in [6.45, 7) is 5.10. The Kier molecular flexibility index (Phi) is 3.84. The molecule has 10 heavy (non-hydrogen) atoms. The molecule has 60 valence electrons. The minimum atomic E-state index is -2.92. The molecule has 0 aromatic rings. The Bertz CT molecular complexity index is 164. The van der Waals surface area contributed by atoms with Crippen LogP contribution in [-0.2, 0) is 13.9 Å². The summed E-state index contributed by atoms with van der Waals surface area (Å²) in [6, 6.07) is 0. The number of carbonyl (C=O) groups excluding carboxylic acids is 1. The van der Waals surface area contributed by atoms with Crippen molar-refractivity contribution in [2.75, 3.05) is 13.3 Å². The average Bonchev–Trinajstić information content (AvgIpc) is 1.86. The van der Waals surface area contributed by atoms with E-state index in [4.69, 9.17) is 4.52 Å². The molecule has 0 amide bonds. The maximum absolute atomic E-state index is 11.2. The number of carbonyl (C=O) groups is 1. The molecule has 0 radical (unpaired) electrons. The first-order chi connectivity index (χ1) is 4.54. The van der Waals surface area contributed by atoms with Crippen LogP contribution >= 0.6 is 7.37 Å². The van der Waals surface area contributed by atoms with Gasteiger partial charge < -0.3 is 4.52 Å². The van der Waals surface area contributed by atoms with Crippen molar-refractivity contribution in [2.24, 2.45) is 0 Å². The largest absolute Gasteiger partial charge is 0.324 e. The Morgan fingerprint density at radius 3 is 2.30 bits per heavy atom. The van der Waals surface area contributed by atoms with E-state index in [-0.39, 0.29) is 11.9 Å². The van der Waals surface area contributed by atoms with Crippen molar-refractivity contribution >= 4 is 12.9 Å². The van der Waals surface area contributed by atoms with Gasteiger partial charge in [-0.1, -0.05) is 6.92 Å². The van der Waals surface area contributed by atoms with Gasteiger partial charge in [-0.15, -0.1) is 0 Å². The second kappa shape index (κ2) is 3.89. The topological polar surface area (TPSA) is 43.4 Å². The molecule has 0 spiro atoms. The van der Waals surface area contributed by atoms with Gasteiger partial charge in [0.2, 0.25) is 5.52 Å². The third-order valence-corrected chi connectivity index (χ3v) is 3.10. The van der Waals surface area contributed by atoms with Crippen LogP contribution in [0.2, 0.25) is 0 Å². The molecule has 0 rings (SSSR count). The summed E-state index contributed by atoms with van der Waals surface area (Å²) in [5, 5.41) is 0. The van der Waals surface area contributed by atoms with Crippen LogP contribution in [0.4, 0.5) is 0 Å². The summed E-state index contributed by atoms with van der Waals surface area (Å²) in [5.74, 6) is 0. The number of hydrogen-bond acceptors (Lipinski definition) is 3. The van der Waals surface area contributed by atoms with E-state index in [0.717, 1.165) is 0 Å². The minimum absolute atomic E-state index is 0.283. The third kappa shape index (κ3) is 2.63. The summed E-state index contributed by atoms with van der Waals surface area (Å²) in [7, 11) is -2.92. The van der Waals surface area contributed by atoms with Crippen LogP contribution in [0.3, 0.4) is 0 Å². The third-order valence-electron chi connectivity index (χ3n) is 1.13. The zero-order chi connectivity index (χ0) is 8.20. The van der Waals surface area contributed by atoms with Gasteiger partial charge >= 0.3 is 0 Å². The van der Waals surface area contributed by atoms with Crippen molar-refractivity contribution in [1.29, 1.82) is 0 Å². The highest BCUT2D eigenvalue weighted by atomic mass is 31.2. The standard InChI is InChI=1S/C6H13O3P/c1-4-6(7)10(3,8)9-5-2/h4-5H2,1-3H3. The van der Waals surface area contributed by atoms with Gasteiger partial charge in [-0.3, -0.25) is 9.36 Å². The minimum Gasteiger partial charge on any atom is -0.324 e. The predicted octanol–water partition coefficient (Wildman–Crippen LogP) is 1.87. The molecule has 0 aliphatic rings. The Hall–Kier alpha value is -0.140. The van der Waals surface area contributed by atoms with Gasteiger partial charge in [0.05, 0.1) is 6.61 Å². The summed E-state index contributed by atoms with van der Waals surface area (Å²) >= 11 is 0. The molecule has 0 aliphatic heterocycles. The molecule has 0 saturated carbocycles. The molecule has 0 aromatic carbocycles. The second-order valence-electron chi connectivity index (χ2n) is 2.01. The first-order valence-corrected chi connectivity index (χ1v) is 5.37. The summed E-state index contributed by atoms with van der Waals surface area (Å²) in [5.41, 5.74) is -0.283. The maximum atomic E-state index is 11.2. The van der Waals surface area contributed by atoms with Crippen LogP contribution in [0.5, 0.6) is 0 Å². The molecule has 0 bridgehead atoms. The molecule has 1 unspecified atom stereocenters. The monoisotopic (exact) mass is 164 g/mol. The normalized spacial score (nSPS) is 16.3. The van der Waals surface area contributed by atoms with Crippen LogP contribution in [0.1, 0.15) is 20.3 Å². The predicted molar refractivity (Wildman–Crippen MR) is 40.5 cm³/mol. The first-order valence-electron chi connectivity index (χ1n) is 3.30. The molecular weight excluding hydrogens is 151 g/mol. The van der Waals surface area contributed by atoms with Gasteiger partial charge in [-0.25, -0.2) is 0 Å². The van der Waals surface area contributed by atoms with Crippen LogP contribution in [0.15, 0.2) is 0 Å². The number of rotatable bonds is 4. The lowest BCUT2D eigenvalue weighted by atomic mass is 10.6. The quantitative estimate of drug-likeness (QED) is 0.595. The molecule has 0 N–H and O–H groups in total. The zero-order valence-corrected chi connectivity index (χ0v) is 7.48. The van der Waals surface area contributed by atoms with Crippen LogP contribution in [0, 0.1) is 0 Å². The Morgan fingerprint density at radius 1 is 1.50 bits per heavy atom. The fourth-order valence-corrected chi connectivity index (χ4v) is 1.82. The molecule has 0 fully saturated rings. The maximum Gasteiger partial charge on any atom is 0.263 e. The lowest BCUT2D eigenvalue weighted by Gasteiger charge is -2.08. The highest BCUT2D eigenvalue weighted by molar-refractivity contribution is 7.75. The van der Waals surface area contributed by atoms with Crippen LogP contribution in [-0.4, -0.2) is 18.8 Å². The van der Waals surface area contributed by atoms with E-state index in [1.807, 2.05) is 0 Å². The van der Waals surface area contributed by atoms with E-state index >= 15 is 0 Å². The van der Waals surface area contributed by atoms with Crippen molar-refractivity contribution in [3.05, 3.63) is 0 Å². The molecule has 1 atom stereocenters. The van der Waals surface area contributed by atoms with Crippen molar-refractivity contribution < 1.29 is 13.9 Å². The van der Waals surface area contributed by atoms with E-state index in [0.29, 0.717) is 6.61 Å². The fourth-order valence-electron chi connectivity index (χ4n) is 0.606.